The standard InChI is InChI=1S/C22H42.3C2H6.CH5N/c1-8-16(5)14-18-10-11-20-19(17(18)6)12-13-22(7,15(3)4)21(20)9-2;4*1-2/h15-21H,8-14H2,1-7H3;3*1-2H3;2H2,1H3. The van der Waals surface area contributed by atoms with E-state index in [9.17, 15) is 0 Å². The average Bonchev–Trinajstić information content (AvgIpc) is 2.80. The minimum atomic E-state index is 0.596. The van der Waals surface area contributed by atoms with Crippen molar-refractivity contribution in [1.82, 2.24) is 0 Å². The molecule has 0 heterocycles. The lowest BCUT2D eigenvalue weighted by Gasteiger charge is -2.56. The van der Waals surface area contributed by atoms with Crippen LogP contribution in [0.5, 0.6) is 0 Å². The topological polar surface area (TPSA) is 26.0 Å². The summed E-state index contributed by atoms with van der Waals surface area (Å²) in [4.78, 5) is 0. The predicted octanol–water partition coefficient (Wildman–Crippen LogP) is 9.84. The van der Waals surface area contributed by atoms with Crippen LogP contribution in [0.2, 0.25) is 0 Å². The molecule has 7 atom stereocenters. The highest BCUT2D eigenvalue weighted by Crippen LogP contribution is 2.58. The summed E-state index contributed by atoms with van der Waals surface area (Å²) in [7, 11) is 1.50. The molecule has 2 aliphatic carbocycles. The van der Waals surface area contributed by atoms with E-state index in [0.717, 1.165) is 41.4 Å². The van der Waals surface area contributed by atoms with Gasteiger partial charge in [0.15, 0.2) is 0 Å². The molecule has 0 radical (unpaired) electrons. The third-order valence-corrected chi connectivity index (χ3v) is 8.38. The maximum Gasteiger partial charge on any atom is -0.0195 e. The summed E-state index contributed by atoms with van der Waals surface area (Å²) in [6, 6.07) is 0. The van der Waals surface area contributed by atoms with E-state index in [0.29, 0.717) is 5.41 Å². The molecular formula is C29H65N. The first kappa shape index (κ1) is 34.6. The lowest BCUT2D eigenvalue weighted by molar-refractivity contribution is -0.0726. The van der Waals surface area contributed by atoms with Crippen LogP contribution in [0, 0.1) is 46.8 Å². The summed E-state index contributed by atoms with van der Waals surface area (Å²) < 4.78 is 0. The second-order valence-corrected chi connectivity index (χ2v) is 9.49. The van der Waals surface area contributed by atoms with Crippen LogP contribution in [0.1, 0.15) is 135 Å². The van der Waals surface area contributed by atoms with E-state index in [4.69, 9.17) is 0 Å². The van der Waals surface area contributed by atoms with Gasteiger partial charge < -0.3 is 5.73 Å². The maximum absolute atomic E-state index is 4.50. The number of fused-ring (bicyclic) bond motifs is 1. The molecule has 0 spiro atoms. The Kier molecular flexibility index (Phi) is 22.6. The molecule has 0 saturated heterocycles. The summed E-state index contributed by atoms with van der Waals surface area (Å²) >= 11 is 0. The van der Waals surface area contributed by atoms with Gasteiger partial charge in [0, 0.05) is 0 Å². The van der Waals surface area contributed by atoms with Gasteiger partial charge in [-0.1, -0.05) is 103 Å². The molecule has 0 bridgehead atoms. The fourth-order valence-corrected chi connectivity index (χ4v) is 6.25. The first-order valence-electron chi connectivity index (χ1n) is 13.9. The van der Waals surface area contributed by atoms with E-state index in [-0.39, 0.29) is 0 Å². The summed E-state index contributed by atoms with van der Waals surface area (Å²) in [5, 5.41) is 0. The smallest absolute Gasteiger partial charge is 0.0195 e. The molecule has 1 heteroatoms. The normalized spacial score (nSPS) is 33.0. The molecule has 2 N–H and O–H groups in total. The first-order valence-corrected chi connectivity index (χ1v) is 13.9. The Balaban J connectivity index is -0.000000815. The fraction of sp³-hybridized carbons (Fsp3) is 1.00. The third-order valence-electron chi connectivity index (χ3n) is 8.38. The van der Waals surface area contributed by atoms with Gasteiger partial charge in [-0.15, -0.1) is 0 Å². The van der Waals surface area contributed by atoms with E-state index in [1.54, 1.807) is 0 Å². The molecule has 0 aromatic heterocycles. The van der Waals surface area contributed by atoms with E-state index in [1.165, 1.54) is 52.0 Å². The highest BCUT2D eigenvalue weighted by atomic mass is 14.6. The SMILES string of the molecule is CC.CC.CC.CCC(C)CC1CCC2C(CCC(C)(C(C)C)C2CC)C1C.CN. The molecule has 0 aromatic rings. The van der Waals surface area contributed by atoms with Gasteiger partial charge in [0.2, 0.25) is 0 Å². The zero-order valence-electron chi connectivity index (χ0n) is 24.1. The highest BCUT2D eigenvalue weighted by molar-refractivity contribution is 4.99. The Hall–Kier alpha value is -0.0400. The molecule has 0 amide bonds. The fourth-order valence-electron chi connectivity index (χ4n) is 6.25. The minimum Gasteiger partial charge on any atom is -0.333 e. The van der Waals surface area contributed by atoms with Crippen molar-refractivity contribution in [1.29, 1.82) is 0 Å². The monoisotopic (exact) mass is 428 g/mol. The minimum absolute atomic E-state index is 0.596. The van der Waals surface area contributed by atoms with Gasteiger partial charge >= 0.3 is 0 Å². The largest absolute Gasteiger partial charge is 0.333 e. The number of hydrogen-bond donors (Lipinski definition) is 1. The third kappa shape index (κ3) is 9.22. The van der Waals surface area contributed by atoms with E-state index >= 15 is 0 Å². The van der Waals surface area contributed by atoms with Crippen LogP contribution < -0.4 is 5.73 Å². The number of hydrogen-bond acceptors (Lipinski definition) is 1. The lowest BCUT2D eigenvalue weighted by atomic mass is 9.49. The predicted molar refractivity (Wildman–Crippen MR) is 143 cm³/mol. The average molecular weight is 428 g/mol. The molecule has 0 aliphatic heterocycles. The number of nitrogens with two attached hydrogens (primary N) is 1. The summed E-state index contributed by atoms with van der Waals surface area (Å²) in [6.45, 7) is 29.4. The number of rotatable bonds is 5. The molecular weight excluding hydrogens is 362 g/mol. The molecule has 0 aromatic carbocycles. The molecule has 1 nitrogen and oxygen atoms in total. The zero-order chi connectivity index (χ0) is 24.5. The van der Waals surface area contributed by atoms with Crippen LogP contribution in [0.15, 0.2) is 0 Å². The lowest BCUT2D eigenvalue weighted by Crippen LogP contribution is -2.49. The van der Waals surface area contributed by atoms with Crippen LogP contribution in [-0.4, -0.2) is 7.05 Å². The summed E-state index contributed by atoms with van der Waals surface area (Å²) in [5.74, 6) is 6.77. The Morgan fingerprint density at radius 1 is 0.833 bits per heavy atom. The molecule has 2 fully saturated rings. The van der Waals surface area contributed by atoms with Crippen molar-refractivity contribution in [3.05, 3.63) is 0 Å². The quantitative estimate of drug-likeness (QED) is 0.464. The molecule has 2 aliphatic rings. The van der Waals surface area contributed by atoms with Crippen molar-refractivity contribution in [3.8, 4) is 0 Å². The van der Waals surface area contributed by atoms with Crippen molar-refractivity contribution < 1.29 is 0 Å². The van der Waals surface area contributed by atoms with Gasteiger partial charge in [0.25, 0.3) is 0 Å². The van der Waals surface area contributed by atoms with E-state index in [2.05, 4.69) is 54.2 Å². The highest BCUT2D eigenvalue weighted by Gasteiger charge is 2.50. The molecule has 30 heavy (non-hydrogen) atoms. The molecule has 2 saturated carbocycles. The summed E-state index contributed by atoms with van der Waals surface area (Å²) in [5.41, 5.74) is 5.10. The second kappa shape index (κ2) is 19.6. The van der Waals surface area contributed by atoms with Crippen molar-refractivity contribution in [2.45, 2.75) is 135 Å². The maximum atomic E-state index is 4.50. The van der Waals surface area contributed by atoms with Gasteiger partial charge in [0.05, 0.1) is 0 Å². The van der Waals surface area contributed by atoms with E-state index in [1.807, 2.05) is 41.5 Å². The van der Waals surface area contributed by atoms with Crippen molar-refractivity contribution >= 4 is 0 Å². The van der Waals surface area contributed by atoms with Gasteiger partial charge in [-0.3, -0.25) is 0 Å². The van der Waals surface area contributed by atoms with Gasteiger partial charge in [-0.2, -0.15) is 0 Å². The Labute approximate surface area is 194 Å². The van der Waals surface area contributed by atoms with Crippen LogP contribution in [0.3, 0.4) is 0 Å². The van der Waals surface area contributed by atoms with Crippen molar-refractivity contribution in [2.75, 3.05) is 7.05 Å². The Bertz CT molecular complexity index is 350. The second-order valence-electron chi connectivity index (χ2n) is 9.49. The first-order chi connectivity index (χ1) is 14.3. The zero-order valence-corrected chi connectivity index (χ0v) is 24.1. The van der Waals surface area contributed by atoms with E-state index < -0.39 is 0 Å². The van der Waals surface area contributed by atoms with Crippen LogP contribution in [0.25, 0.3) is 0 Å². The van der Waals surface area contributed by atoms with Crippen LogP contribution >= 0.6 is 0 Å². The molecule has 2 rings (SSSR count). The Morgan fingerprint density at radius 3 is 1.73 bits per heavy atom. The molecule has 186 valence electrons. The van der Waals surface area contributed by atoms with Crippen molar-refractivity contribution in [2.24, 2.45) is 52.6 Å². The van der Waals surface area contributed by atoms with Gasteiger partial charge in [-0.05, 0) is 86.0 Å². The van der Waals surface area contributed by atoms with Crippen molar-refractivity contribution in [3.63, 3.8) is 0 Å². The van der Waals surface area contributed by atoms with Gasteiger partial charge in [0.1, 0.15) is 0 Å². The molecule has 7 unspecified atom stereocenters. The Morgan fingerprint density at radius 2 is 1.33 bits per heavy atom. The summed E-state index contributed by atoms with van der Waals surface area (Å²) in [6.07, 6.45) is 10.3. The van der Waals surface area contributed by atoms with Crippen LogP contribution in [0.4, 0.5) is 0 Å². The van der Waals surface area contributed by atoms with Crippen LogP contribution in [-0.2, 0) is 0 Å². The van der Waals surface area contributed by atoms with Gasteiger partial charge in [-0.25, -0.2) is 0 Å².